The Morgan fingerprint density at radius 2 is 1.86 bits per heavy atom. The van der Waals surface area contributed by atoms with E-state index in [9.17, 15) is 9.18 Å². The molecule has 0 aliphatic carbocycles. The van der Waals surface area contributed by atoms with Crippen molar-refractivity contribution in [2.45, 2.75) is 64.9 Å². The molecule has 12 heteroatoms. The average molecular weight is 578 g/mol. The van der Waals surface area contributed by atoms with Gasteiger partial charge in [0.05, 0.1) is 25.5 Å². The number of benzene rings is 1. The van der Waals surface area contributed by atoms with Gasteiger partial charge in [0, 0.05) is 49.0 Å². The molecule has 6 rings (SSSR count). The Morgan fingerprint density at radius 1 is 1.05 bits per heavy atom. The molecule has 2 saturated heterocycles. The van der Waals surface area contributed by atoms with Gasteiger partial charge in [-0.25, -0.2) is 18.6 Å². The van der Waals surface area contributed by atoms with Crippen molar-refractivity contribution < 1.29 is 23.0 Å². The standard InChI is InChI=1S/C30H33F2N7O3/c1-17-25-27(36-28(34-17)41-5)39(26(35-25)20-9-21(31)12-33-11-20)14-19-7-6-18(8-24(19)32)13-37-15-23-10-22(37)16-38(23)29(40)42-30(2,3)4/h6-9,11-12,22-23H,10,13-16H2,1-5H3. The fraction of sp³-hybridized carbons (Fsp3) is 0.433. The van der Waals surface area contributed by atoms with Gasteiger partial charge in [0.25, 0.3) is 0 Å². The summed E-state index contributed by atoms with van der Waals surface area (Å²) in [6.07, 6.45) is 3.23. The van der Waals surface area contributed by atoms with Crippen LogP contribution >= 0.6 is 0 Å². The van der Waals surface area contributed by atoms with Gasteiger partial charge < -0.3 is 18.9 Å². The third-order valence-corrected chi connectivity index (χ3v) is 7.71. The van der Waals surface area contributed by atoms with Crippen molar-refractivity contribution in [2.75, 3.05) is 20.2 Å². The maximum atomic E-state index is 15.6. The molecule has 2 unspecified atom stereocenters. The molecule has 1 amide bonds. The smallest absolute Gasteiger partial charge is 0.410 e. The first-order chi connectivity index (χ1) is 20.0. The number of ether oxygens (including phenoxy) is 2. The number of hydrogen-bond donors (Lipinski definition) is 0. The number of carbonyl (C=O) groups is 1. The third kappa shape index (κ3) is 5.38. The number of methoxy groups -OCH3 is 1. The second-order valence-corrected chi connectivity index (χ2v) is 11.9. The Kier molecular flexibility index (Phi) is 7.04. The van der Waals surface area contributed by atoms with Crippen LogP contribution in [-0.2, 0) is 17.8 Å². The lowest BCUT2D eigenvalue weighted by Gasteiger charge is -2.35. The first-order valence-electron chi connectivity index (χ1n) is 13.9. The number of carbonyl (C=O) groups excluding carboxylic acids is 1. The van der Waals surface area contributed by atoms with Gasteiger partial charge in [-0.05, 0) is 51.8 Å². The predicted molar refractivity (Wildman–Crippen MR) is 151 cm³/mol. The molecule has 2 atom stereocenters. The molecule has 0 spiro atoms. The maximum Gasteiger partial charge on any atom is 0.410 e. The molecular weight excluding hydrogens is 544 g/mol. The molecular formula is C30H33F2N7O3. The van der Waals surface area contributed by atoms with E-state index in [-0.39, 0.29) is 36.5 Å². The maximum absolute atomic E-state index is 15.6. The monoisotopic (exact) mass is 577 g/mol. The highest BCUT2D eigenvalue weighted by Crippen LogP contribution is 2.33. The topological polar surface area (TPSA) is 98.5 Å². The Bertz CT molecular complexity index is 1670. The average Bonchev–Trinajstić information content (AvgIpc) is 3.62. The Hall–Kier alpha value is -4.19. The summed E-state index contributed by atoms with van der Waals surface area (Å²) in [5.74, 6) is -0.476. The van der Waals surface area contributed by atoms with Crippen LogP contribution in [0.4, 0.5) is 13.6 Å². The zero-order valence-electron chi connectivity index (χ0n) is 24.3. The van der Waals surface area contributed by atoms with Crippen LogP contribution in [0.15, 0.2) is 36.7 Å². The van der Waals surface area contributed by atoms with Gasteiger partial charge in [-0.3, -0.25) is 9.88 Å². The lowest BCUT2D eigenvalue weighted by atomic mass is 10.1. The van der Waals surface area contributed by atoms with Crippen molar-refractivity contribution in [3.05, 3.63) is 65.1 Å². The summed E-state index contributed by atoms with van der Waals surface area (Å²) in [5.41, 5.74) is 2.72. The van der Waals surface area contributed by atoms with Crippen LogP contribution in [0.3, 0.4) is 0 Å². The summed E-state index contributed by atoms with van der Waals surface area (Å²) in [6.45, 7) is 9.39. The van der Waals surface area contributed by atoms with E-state index >= 15 is 4.39 Å². The van der Waals surface area contributed by atoms with E-state index in [1.54, 1.807) is 23.6 Å². The molecule has 0 radical (unpaired) electrons. The molecule has 3 aromatic heterocycles. The van der Waals surface area contributed by atoms with Gasteiger partial charge in [-0.2, -0.15) is 9.97 Å². The highest BCUT2D eigenvalue weighted by atomic mass is 19.1. The van der Waals surface area contributed by atoms with Crippen LogP contribution in [-0.4, -0.2) is 78.3 Å². The van der Waals surface area contributed by atoms with Crippen molar-refractivity contribution >= 4 is 17.3 Å². The van der Waals surface area contributed by atoms with E-state index in [0.29, 0.717) is 46.9 Å². The second kappa shape index (κ2) is 10.6. The first kappa shape index (κ1) is 28.0. The summed E-state index contributed by atoms with van der Waals surface area (Å²) < 4.78 is 42.2. The molecule has 5 heterocycles. The molecule has 220 valence electrons. The zero-order valence-corrected chi connectivity index (χ0v) is 24.3. The minimum absolute atomic E-state index is 0.0988. The summed E-state index contributed by atoms with van der Waals surface area (Å²) >= 11 is 0. The quantitative estimate of drug-likeness (QED) is 0.325. The lowest BCUT2D eigenvalue weighted by molar-refractivity contribution is 0.0124. The Labute approximate surface area is 242 Å². The highest BCUT2D eigenvalue weighted by molar-refractivity contribution is 5.79. The van der Waals surface area contributed by atoms with E-state index < -0.39 is 11.4 Å². The van der Waals surface area contributed by atoms with Crippen LogP contribution in [0.5, 0.6) is 6.01 Å². The number of amides is 1. The molecule has 42 heavy (non-hydrogen) atoms. The normalized spacial score (nSPS) is 18.7. The van der Waals surface area contributed by atoms with Gasteiger partial charge in [0.1, 0.15) is 28.6 Å². The molecule has 4 aromatic rings. The minimum atomic E-state index is -0.534. The van der Waals surface area contributed by atoms with Gasteiger partial charge in [0.2, 0.25) is 0 Å². The molecule has 10 nitrogen and oxygen atoms in total. The molecule has 0 saturated carbocycles. The van der Waals surface area contributed by atoms with Crippen LogP contribution in [0.1, 0.15) is 44.0 Å². The largest absolute Gasteiger partial charge is 0.467 e. The number of nitrogens with zero attached hydrogens (tertiary/aromatic N) is 7. The van der Waals surface area contributed by atoms with Gasteiger partial charge in [-0.1, -0.05) is 12.1 Å². The molecule has 0 N–H and O–H groups in total. The number of fused-ring (bicyclic) bond motifs is 3. The van der Waals surface area contributed by atoms with Crippen molar-refractivity contribution in [2.24, 2.45) is 0 Å². The molecule has 2 aliphatic rings. The highest BCUT2D eigenvalue weighted by Gasteiger charge is 2.46. The number of likely N-dealkylation sites (tertiary alicyclic amines) is 2. The van der Waals surface area contributed by atoms with Crippen molar-refractivity contribution in [3.8, 4) is 17.4 Å². The fourth-order valence-electron chi connectivity index (χ4n) is 5.82. The summed E-state index contributed by atoms with van der Waals surface area (Å²) in [4.78, 5) is 34.1. The van der Waals surface area contributed by atoms with Gasteiger partial charge in [0.15, 0.2) is 5.65 Å². The Balaban J connectivity index is 1.23. The van der Waals surface area contributed by atoms with E-state index in [1.165, 1.54) is 19.4 Å². The van der Waals surface area contributed by atoms with E-state index in [2.05, 4.69) is 24.8 Å². The number of imidazole rings is 1. The third-order valence-electron chi connectivity index (χ3n) is 7.71. The zero-order chi connectivity index (χ0) is 29.8. The van der Waals surface area contributed by atoms with Crippen LogP contribution in [0, 0.1) is 18.6 Å². The van der Waals surface area contributed by atoms with Crippen LogP contribution in [0.2, 0.25) is 0 Å². The lowest BCUT2D eigenvalue weighted by Crippen LogP contribution is -2.49. The van der Waals surface area contributed by atoms with Crippen molar-refractivity contribution in [1.82, 2.24) is 34.3 Å². The number of piperazine rings is 1. The van der Waals surface area contributed by atoms with E-state index in [0.717, 1.165) is 24.7 Å². The number of hydrogen-bond acceptors (Lipinski definition) is 8. The summed E-state index contributed by atoms with van der Waals surface area (Å²) in [5, 5.41) is 0. The number of pyridine rings is 1. The number of rotatable bonds is 6. The Morgan fingerprint density at radius 3 is 2.52 bits per heavy atom. The molecule has 1 aromatic carbocycles. The minimum Gasteiger partial charge on any atom is -0.467 e. The number of aromatic nitrogens is 5. The predicted octanol–water partition coefficient (Wildman–Crippen LogP) is 4.73. The van der Waals surface area contributed by atoms with Gasteiger partial charge in [-0.15, -0.1) is 0 Å². The SMILES string of the molecule is COc1nc(C)c2nc(-c3cncc(F)c3)n(Cc3ccc(CN4CC5CC4CN5C(=O)OC(C)(C)C)cc3F)c2n1. The fourth-order valence-corrected chi connectivity index (χ4v) is 5.82. The number of aryl methyl sites for hydroxylation is 1. The van der Waals surface area contributed by atoms with Crippen molar-refractivity contribution in [1.29, 1.82) is 0 Å². The van der Waals surface area contributed by atoms with Crippen LogP contribution in [0.25, 0.3) is 22.6 Å². The first-order valence-corrected chi connectivity index (χ1v) is 13.9. The second-order valence-electron chi connectivity index (χ2n) is 11.9. The van der Waals surface area contributed by atoms with Crippen LogP contribution < -0.4 is 4.74 Å². The molecule has 2 fully saturated rings. The number of halogens is 2. The molecule has 2 bridgehead atoms. The summed E-state index contributed by atoms with van der Waals surface area (Å²) in [6, 6.07) is 7.03. The molecule has 2 aliphatic heterocycles. The van der Waals surface area contributed by atoms with E-state index in [4.69, 9.17) is 9.47 Å². The van der Waals surface area contributed by atoms with Crippen molar-refractivity contribution in [3.63, 3.8) is 0 Å². The van der Waals surface area contributed by atoms with E-state index in [1.807, 2.05) is 31.7 Å². The summed E-state index contributed by atoms with van der Waals surface area (Å²) in [7, 11) is 1.47. The van der Waals surface area contributed by atoms with Gasteiger partial charge >= 0.3 is 12.1 Å².